The van der Waals surface area contributed by atoms with E-state index < -0.39 is 0 Å². The van der Waals surface area contributed by atoms with Gasteiger partial charge in [-0.1, -0.05) is 24.3 Å². The maximum atomic E-state index is 11.6. The van der Waals surface area contributed by atoms with Gasteiger partial charge in [-0.3, -0.25) is 9.59 Å². The van der Waals surface area contributed by atoms with Crippen molar-refractivity contribution in [2.75, 3.05) is 13.2 Å². The van der Waals surface area contributed by atoms with E-state index in [1.54, 1.807) is 24.3 Å². The van der Waals surface area contributed by atoms with Gasteiger partial charge < -0.3 is 18.3 Å². The standard InChI is InChI=1S/C34H22N4O6/c1-19-23(5-3-7-25(19)33-37-27-13-21(17-39)29(41-11-9-35)15-31(27)43-33)24-6-4-8-26(20(24)2)34-38-28-14-22(18-40)30(42-12-10-36)16-32(28)44-34/h3-8,13-18H,11-12H2,1-2H3. The second-order valence-electron chi connectivity index (χ2n) is 9.84. The predicted molar refractivity (Wildman–Crippen MR) is 160 cm³/mol. The average molecular weight is 583 g/mol. The molecule has 0 atom stereocenters. The summed E-state index contributed by atoms with van der Waals surface area (Å²) in [4.78, 5) is 32.5. The van der Waals surface area contributed by atoms with Crippen molar-refractivity contribution in [2.24, 2.45) is 0 Å². The summed E-state index contributed by atoms with van der Waals surface area (Å²) in [6, 6.07) is 21.7. The molecule has 0 saturated carbocycles. The first-order valence-electron chi connectivity index (χ1n) is 13.4. The van der Waals surface area contributed by atoms with E-state index >= 15 is 0 Å². The number of nitriles is 2. The van der Waals surface area contributed by atoms with Crippen molar-refractivity contribution >= 4 is 34.8 Å². The van der Waals surface area contributed by atoms with E-state index in [2.05, 4.69) is 9.97 Å². The average Bonchev–Trinajstić information content (AvgIpc) is 3.65. The number of rotatable bonds is 9. The molecule has 0 bridgehead atoms. The van der Waals surface area contributed by atoms with Gasteiger partial charge >= 0.3 is 0 Å². The maximum absolute atomic E-state index is 11.6. The summed E-state index contributed by atoms with van der Waals surface area (Å²) < 4.78 is 23.0. The Kier molecular flexibility index (Phi) is 7.32. The molecule has 0 N–H and O–H groups in total. The lowest BCUT2D eigenvalue weighted by Crippen LogP contribution is -1.97. The first kappa shape index (κ1) is 27.9. The van der Waals surface area contributed by atoms with E-state index in [-0.39, 0.29) is 35.8 Å². The lowest BCUT2D eigenvalue weighted by Gasteiger charge is -2.14. The second-order valence-corrected chi connectivity index (χ2v) is 9.84. The third-order valence-electron chi connectivity index (χ3n) is 7.30. The predicted octanol–water partition coefficient (Wildman–Crippen LogP) is 7.02. The summed E-state index contributed by atoms with van der Waals surface area (Å²) in [6.45, 7) is 3.56. The van der Waals surface area contributed by atoms with Crippen LogP contribution in [-0.2, 0) is 0 Å². The topological polar surface area (TPSA) is 152 Å². The molecule has 0 aliphatic heterocycles. The van der Waals surface area contributed by atoms with Crippen LogP contribution in [0.25, 0.3) is 56.2 Å². The summed E-state index contributed by atoms with van der Waals surface area (Å²) in [6.07, 6.45) is 1.31. The van der Waals surface area contributed by atoms with Gasteiger partial charge in [0.15, 0.2) is 37.0 Å². The van der Waals surface area contributed by atoms with Crippen molar-refractivity contribution in [1.82, 2.24) is 9.97 Å². The number of oxazole rings is 2. The minimum absolute atomic E-state index is 0.200. The summed E-state index contributed by atoms with van der Waals surface area (Å²) >= 11 is 0. The number of aldehydes is 2. The third kappa shape index (κ3) is 4.91. The monoisotopic (exact) mass is 582 g/mol. The molecule has 214 valence electrons. The van der Waals surface area contributed by atoms with Crippen LogP contribution in [0.15, 0.2) is 69.5 Å². The van der Waals surface area contributed by atoms with Crippen molar-refractivity contribution in [1.29, 1.82) is 10.5 Å². The number of aromatic nitrogens is 2. The van der Waals surface area contributed by atoms with Crippen LogP contribution in [0.5, 0.6) is 11.5 Å². The number of hydrogen-bond acceptors (Lipinski definition) is 10. The van der Waals surface area contributed by atoms with E-state index in [9.17, 15) is 9.59 Å². The number of fused-ring (bicyclic) bond motifs is 2. The van der Waals surface area contributed by atoms with Crippen LogP contribution >= 0.6 is 0 Å². The molecule has 0 spiro atoms. The molecular weight excluding hydrogens is 560 g/mol. The van der Waals surface area contributed by atoms with Crippen molar-refractivity contribution in [2.45, 2.75) is 13.8 Å². The van der Waals surface area contributed by atoms with Gasteiger partial charge in [-0.25, -0.2) is 9.97 Å². The lowest BCUT2D eigenvalue weighted by atomic mass is 9.91. The number of carbonyl (C=O) groups is 2. The highest BCUT2D eigenvalue weighted by atomic mass is 16.5. The van der Waals surface area contributed by atoms with Gasteiger partial charge in [0, 0.05) is 23.3 Å². The van der Waals surface area contributed by atoms with Crippen LogP contribution < -0.4 is 9.47 Å². The van der Waals surface area contributed by atoms with Crippen LogP contribution in [0.1, 0.15) is 31.8 Å². The molecule has 0 fully saturated rings. The van der Waals surface area contributed by atoms with E-state index in [1.165, 1.54) is 0 Å². The first-order valence-corrected chi connectivity index (χ1v) is 13.4. The van der Waals surface area contributed by atoms with Crippen molar-refractivity contribution in [3.8, 4) is 57.7 Å². The Morgan fingerprint density at radius 1 is 0.682 bits per heavy atom. The zero-order valence-electron chi connectivity index (χ0n) is 23.6. The van der Waals surface area contributed by atoms with Crippen LogP contribution in [0.2, 0.25) is 0 Å². The molecule has 10 nitrogen and oxygen atoms in total. The normalized spacial score (nSPS) is 10.8. The largest absolute Gasteiger partial charge is 0.478 e. The highest BCUT2D eigenvalue weighted by molar-refractivity contribution is 5.91. The quantitative estimate of drug-likeness (QED) is 0.163. The number of nitrogens with zero attached hydrogens (tertiary/aromatic N) is 4. The molecule has 4 aromatic carbocycles. The molecule has 6 rings (SSSR count). The van der Waals surface area contributed by atoms with Crippen LogP contribution in [0.3, 0.4) is 0 Å². The minimum Gasteiger partial charge on any atom is -0.478 e. The van der Waals surface area contributed by atoms with E-state index in [1.807, 2.05) is 62.4 Å². The van der Waals surface area contributed by atoms with E-state index in [0.29, 0.717) is 46.6 Å². The Balaban J connectivity index is 1.40. The van der Waals surface area contributed by atoms with Gasteiger partial charge in [-0.15, -0.1) is 0 Å². The lowest BCUT2D eigenvalue weighted by molar-refractivity contribution is 0.111. The van der Waals surface area contributed by atoms with Gasteiger partial charge in [0.2, 0.25) is 11.8 Å². The SMILES string of the molecule is Cc1c(-c2nc3cc(C=O)c(OCC#N)cc3o2)cccc1-c1cccc(-c2nc3cc(C=O)c(OCC#N)cc3o2)c1C. The Hall–Kier alpha value is -6.26. The van der Waals surface area contributed by atoms with Gasteiger partial charge in [0.05, 0.1) is 11.1 Å². The fourth-order valence-corrected chi connectivity index (χ4v) is 5.15. The summed E-state index contributed by atoms with van der Waals surface area (Å²) in [7, 11) is 0. The molecule has 0 amide bonds. The molecule has 44 heavy (non-hydrogen) atoms. The highest BCUT2D eigenvalue weighted by Gasteiger charge is 2.20. The number of carbonyl (C=O) groups excluding carboxylic acids is 2. The second kappa shape index (κ2) is 11.6. The smallest absolute Gasteiger partial charge is 0.227 e. The Labute approximate surface area is 250 Å². The van der Waals surface area contributed by atoms with Crippen molar-refractivity contribution < 1.29 is 27.9 Å². The molecule has 2 heterocycles. The van der Waals surface area contributed by atoms with E-state index in [4.69, 9.17) is 28.8 Å². The van der Waals surface area contributed by atoms with Gasteiger partial charge in [-0.2, -0.15) is 10.5 Å². The Morgan fingerprint density at radius 2 is 1.09 bits per heavy atom. The summed E-state index contributed by atoms with van der Waals surface area (Å²) in [5, 5.41) is 17.7. The van der Waals surface area contributed by atoms with Crippen LogP contribution in [0, 0.1) is 36.5 Å². The zero-order valence-corrected chi connectivity index (χ0v) is 23.6. The Bertz CT molecular complexity index is 2030. The van der Waals surface area contributed by atoms with Gasteiger partial charge in [-0.05, 0) is 60.4 Å². The molecule has 0 unspecified atom stereocenters. The molecule has 0 aliphatic rings. The summed E-state index contributed by atoms with van der Waals surface area (Å²) in [5.41, 5.74) is 7.65. The highest BCUT2D eigenvalue weighted by Crippen LogP contribution is 2.39. The number of hydrogen-bond donors (Lipinski definition) is 0. The van der Waals surface area contributed by atoms with Crippen LogP contribution in [0.4, 0.5) is 0 Å². The first-order chi connectivity index (χ1) is 21.4. The number of benzene rings is 4. The summed E-state index contributed by atoms with van der Waals surface area (Å²) in [5.74, 6) is 1.26. The molecule has 0 aliphatic carbocycles. The maximum Gasteiger partial charge on any atom is 0.227 e. The molecule has 6 aromatic rings. The molecular formula is C34H22N4O6. The van der Waals surface area contributed by atoms with E-state index in [0.717, 1.165) is 33.4 Å². The molecule has 2 aromatic heterocycles. The van der Waals surface area contributed by atoms with Gasteiger partial charge in [0.25, 0.3) is 0 Å². The van der Waals surface area contributed by atoms with Crippen molar-refractivity contribution in [3.05, 3.63) is 82.9 Å². The number of ether oxygens (including phenoxy) is 2. The molecule has 0 saturated heterocycles. The Morgan fingerprint density at radius 3 is 1.48 bits per heavy atom. The third-order valence-corrected chi connectivity index (χ3v) is 7.30. The van der Waals surface area contributed by atoms with Gasteiger partial charge in [0.1, 0.15) is 34.7 Å². The molecule has 10 heteroatoms. The fourth-order valence-electron chi connectivity index (χ4n) is 5.15. The minimum atomic E-state index is -0.200. The zero-order chi connectivity index (χ0) is 30.8. The van der Waals surface area contributed by atoms with Crippen LogP contribution in [-0.4, -0.2) is 35.8 Å². The van der Waals surface area contributed by atoms with Crippen molar-refractivity contribution in [3.63, 3.8) is 0 Å². The molecule has 0 radical (unpaired) electrons. The fraction of sp³-hybridized carbons (Fsp3) is 0.118.